The smallest absolute Gasteiger partial charge is 0.283 e. The van der Waals surface area contributed by atoms with Gasteiger partial charge in [-0.1, -0.05) is 31.9 Å². The van der Waals surface area contributed by atoms with E-state index in [1.165, 1.54) is 25.3 Å². The van der Waals surface area contributed by atoms with Gasteiger partial charge in [0.15, 0.2) is 0 Å². The maximum Gasteiger partial charge on any atom is 0.283 e. The first-order valence-corrected chi connectivity index (χ1v) is 6.96. The molecule has 0 aliphatic rings. The minimum Gasteiger partial charge on any atom is -0.302 e. The lowest BCUT2D eigenvalue weighted by atomic mass is 10.2. The third kappa shape index (κ3) is 4.38. The van der Waals surface area contributed by atoms with E-state index in [1.807, 2.05) is 13.1 Å². The zero-order chi connectivity index (χ0) is 13.5. The van der Waals surface area contributed by atoms with Gasteiger partial charge in [0.2, 0.25) is 0 Å². The molecule has 1 rings (SSSR count). The molecule has 1 aromatic carbocycles. The van der Waals surface area contributed by atoms with E-state index in [4.69, 9.17) is 0 Å². The molecular formula is C13H19BrN2O2. The van der Waals surface area contributed by atoms with E-state index in [2.05, 4.69) is 27.8 Å². The third-order valence-corrected chi connectivity index (χ3v) is 3.75. The number of rotatable bonds is 7. The van der Waals surface area contributed by atoms with Crippen molar-refractivity contribution in [1.82, 2.24) is 4.90 Å². The zero-order valence-electron chi connectivity index (χ0n) is 10.9. The van der Waals surface area contributed by atoms with Crippen molar-refractivity contribution in [3.63, 3.8) is 0 Å². The highest BCUT2D eigenvalue weighted by atomic mass is 79.9. The quantitative estimate of drug-likeness (QED) is 0.434. The van der Waals surface area contributed by atoms with Crippen LogP contribution < -0.4 is 0 Å². The summed E-state index contributed by atoms with van der Waals surface area (Å²) in [6.07, 6.45) is 3.59. The van der Waals surface area contributed by atoms with Gasteiger partial charge in [0, 0.05) is 12.6 Å². The molecule has 0 heterocycles. The molecule has 0 N–H and O–H groups in total. The summed E-state index contributed by atoms with van der Waals surface area (Å²) in [6.45, 7) is 3.92. The predicted molar refractivity (Wildman–Crippen MR) is 76.7 cm³/mol. The summed E-state index contributed by atoms with van der Waals surface area (Å²) >= 11 is 3.32. The van der Waals surface area contributed by atoms with Gasteiger partial charge in [-0.2, -0.15) is 0 Å². The molecule has 18 heavy (non-hydrogen) atoms. The molecule has 0 amide bonds. The molecule has 1 aromatic rings. The molecule has 0 radical (unpaired) electrons. The molecule has 0 bridgehead atoms. The minimum atomic E-state index is -0.356. The number of nitro benzene ring substituents is 1. The lowest BCUT2D eigenvalue weighted by Crippen LogP contribution is -2.19. The molecule has 0 saturated heterocycles. The van der Waals surface area contributed by atoms with Gasteiger partial charge in [0.1, 0.15) is 0 Å². The second kappa shape index (κ2) is 7.48. The first-order chi connectivity index (χ1) is 8.56. The van der Waals surface area contributed by atoms with Gasteiger partial charge in [0.05, 0.1) is 9.40 Å². The molecule has 4 nitrogen and oxygen atoms in total. The molecule has 0 aromatic heterocycles. The standard InChI is InChI=1S/C13H19BrN2O2/c1-3-4-5-9-15(2)10-11-7-6-8-12(13(11)14)16(17)18/h6-8H,3-5,9-10H2,1-2H3. The van der Waals surface area contributed by atoms with Gasteiger partial charge < -0.3 is 4.90 Å². The van der Waals surface area contributed by atoms with Crippen molar-refractivity contribution in [1.29, 1.82) is 0 Å². The van der Waals surface area contributed by atoms with Crippen molar-refractivity contribution in [2.75, 3.05) is 13.6 Å². The van der Waals surface area contributed by atoms with Crippen LogP contribution in [0.15, 0.2) is 22.7 Å². The fourth-order valence-electron chi connectivity index (χ4n) is 1.83. The molecule has 0 aliphatic carbocycles. The molecule has 0 aliphatic heterocycles. The maximum atomic E-state index is 10.8. The van der Waals surface area contributed by atoms with Gasteiger partial charge >= 0.3 is 0 Å². The van der Waals surface area contributed by atoms with Gasteiger partial charge in [0.25, 0.3) is 5.69 Å². The number of hydrogen-bond donors (Lipinski definition) is 0. The Hall–Kier alpha value is -0.940. The van der Waals surface area contributed by atoms with Crippen LogP contribution in [0.3, 0.4) is 0 Å². The topological polar surface area (TPSA) is 46.4 Å². The van der Waals surface area contributed by atoms with Crippen LogP contribution in [0.25, 0.3) is 0 Å². The van der Waals surface area contributed by atoms with Gasteiger partial charge in [-0.3, -0.25) is 10.1 Å². The van der Waals surface area contributed by atoms with Crippen LogP contribution in [0, 0.1) is 10.1 Å². The third-order valence-electron chi connectivity index (χ3n) is 2.84. The number of unbranched alkanes of at least 4 members (excludes halogenated alkanes) is 2. The fourth-order valence-corrected chi connectivity index (χ4v) is 2.37. The lowest BCUT2D eigenvalue weighted by molar-refractivity contribution is -0.385. The average Bonchev–Trinajstić information content (AvgIpc) is 2.32. The summed E-state index contributed by atoms with van der Waals surface area (Å²) in [6, 6.07) is 5.18. The Bertz CT molecular complexity index is 410. The monoisotopic (exact) mass is 314 g/mol. The average molecular weight is 315 g/mol. The summed E-state index contributed by atoms with van der Waals surface area (Å²) in [4.78, 5) is 12.7. The highest BCUT2D eigenvalue weighted by Gasteiger charge is 2.15. The van der Waals surface area contributed by atoms with Crippen molar-refractivity contribution < 1.29 is 4.92 Å². The largest absolute Gasteiger partial charge is 0.302 e. The van der Waals surface area contributed by atoms with E-state index in [1.54, 1.807) is 6.07 Å². The first-order valence-electron chi connectivity index (χ1n) is 6.16. The number of benzene rings is 1. The Labute approximate surface area is 116 Å². The number of nitro groups is 1. The van der Waals surface area contributed by atoms with Crippen molar-refractivity contribution >= 4 is 21.6 Å². The maximum absolute atomic E-state index is 10.8. The van der Waals surface area contributed by atoms with Crippen LogP contribution in [0.1, 0.15) is 31.7 Å². The normalized spacial score (nSPS) is 10.9. The molecule has 5 heteroatoms. The van der Waals surface area contributed by atoms with Crippen LogP contribution in [-0.2, 0) is 6.54 Å². The van der Waals surface area contributed by atoms with E-state index >= 15 is 0 Å². The second-order valence-electron chi connectivity index (χ2n) is 4.45. The molecule has 100 valence electrons. The van der Waals surface area contributed by atoms with Gasteiger partial charge in [-0.05, 0) is 41.5 Å². The van der Waals surface area contributed by atoms with E-state index < -0.39 is 0 Å². The first kappa shape index (κ1) is 15.1. The molecule has 0 fully saturated rings. The summed E-state index contributed by atoms with van der Waals surface area (Å²) in [7, 11) is 2.04. The minimum absolute atomic E-state index is 0.134. The Morgan fingerprint density at radius 2 is 2.11 bits per heavy atom. The van der Waals surface area contributed by atoms with E-state index in [0.717, 1.165) is 18.7 Å². The van der Waals surface area contributed by atoms with E-state index in [0.29, 0.717) is 4.47 Å². The SMILES string of the molecule is CCCCCN(C)Cc1cccc([N+](=O)[O-])c1Br. The van der Waals surface area contributed by atoms with Crippen molar-refractivity contribution in [3.05, 3.63) is 38.3 Å². The van der Waals surface area contributed by atoms with Gasteiger partial charge in [-0.15, -0.1) is 0 Å². The van der Waals surface area contributed by atoms with Crippen LogP contribution in [0.4, 0.5) is 5.69 Å². The fraction of sp³-hybridized carbons (Fsp3) is 0.538. The Morgan fingerprint density at radius 3 is 2.72 bits per heavy atom. The van der Waals surface area contributed by atoms with Crippen molar-refractivity contribution in [3.8, 4) is 0 Å². The van der Waals surface area contributed by atoms with Crippen molar-refractivity contribution in [2.45, 2.75) is 32.7 Å². The number of hydrogen-bond acceptors (Lipinski definition) is 3. The summed E-state index contributed by atoms with van der Waals surface area (Å²) in [5.74, 6) is 0. The van der Waals surface area contributed by atoms with Gasteiger partial charge in [-0.25, -0.2) is 0 Å². The van der Waals surface area contributed by atoms with Crippen molar-refractivity contribution in [2.24, 2.45) is 0 Å². The highest BCUT2D eigenvalue weighted by Crippen LogP contribution is 2.28. The van der Waals surface area contributed by atoms with E-state index in [-0.39, 0.29) is 10.6 Å². The van der Waals surface area contributed by atoms with Crippen LogP contribution in [0.2, 0.25) is 0 Å². The molecule has 0 atom stereocenters. The lowest BCUT2D eigenvalue weighted by Gasteiger charge is -2.17. The van der Waals surface area contributed by atoms with Crippen LogP contribution >= 0.6 is 15.9 Å². The summed E-state index contributed by atoms with van der Waals surface area (Å²) in [5, 5.41) is 10.8. The Kier molecular flexibility index (Phi) is 6.29. The Balaban J connectivity index is 2.67. The Morgan fingerprint density at radius 1 is 1.39 bits per heavy atom. The second-order valence-corrected chi connectivity index (χ2v) is 5.25. The molecule has 0 saturated carbocycles. The van der Waals surface area contributed by atoms with Crippen LogP contribution in [-0.4, -0.2) is 23.4 Å². The predicted octanol–water partition coefficient (Wildman–Crippen LogP) is 3.98. The number of nitrogens with zero attached hydrogens (tertiary/aromatic N) is 2. The zero-order valence-corrected chi connectivity index (χ0v) is 12.4. The summed E-state index contributed by atoms with van der Waals surface area (Å²) in [5.41, 5.74) is 1.10. The summed E-state index contributed by atoms with van der Waals surface area (Å²) < 4.78 is 0.595. The molecule has 0 unspecified atom stereocenters. The number of halogens is 1. The van der Waals surface area contributed by atoms with Crippen LogP contribution in [0.5, 0.6) is 0 Å². The molecule has 0 spiro atoms. The van der Waals surface area contributed by atoms with E-state index in [9.17, 15) is 10.1 Å². The highest BCUT2D eigenvalue weighted by molar-refractivity contribution is 9.10. The molecular weight excluding hydrogens is 296 g/mol.